The maximum atomic E-state index is 9.81. The van der Waals surface area contributed by atoms with Crippen molar-refractivity contribution in [2.45, 2.75) is 29.7 Å². The molecule has 0 fully saturated rings. The van der Waals surface area contributed by atoms with Gasteiger partial charge in [-0.25, -0.2) is 0 Å². The van der Waals surface area contributed by atoms with Gasteiger partial charge in [-0.15, -0.1) is 0 Å². The molecule has 4 heterocycles. The van der Waals surface area contributed by atoms with E-state index in [1.54, 1.807) is 37.7 Å². The normalized spacial score (nSPS) is 12.6. The summed E-state index contributed by atoms with van der Waals surface area (Å²) >= 11 is 2.82. The predicted molar refractivity (Wildman–Crippen MR) is 121 cm³/mol. The number of pyridine rings is 2. The SMILES string of the molecule is Cc1nnccc1Oc1cc(Sc2cccnc2C)cnc1/N=c1/[nH]c(C(O)CO)bs1. The van der Waals surface area contributed by atoms with Crippen LogP contribution in [0.4, 0.5) is 5.82 Å². The van der Waals surface area contributed by atoms with Gasteiger partial charge in [0, 0.05) is 0 Å². The number of nitrogens with one attached hydrogen (secondary N) is 1. The summed E-state index contributed by atoms with van der Waals surface area (Å²) in [7, 11) is 0. The molecule has 4 aromatic heterocycles. The van der Waals surface area contributed by atoms with Crippen molar-refractivity contribution in [3.63, 3.8) is 0 Å². The Morgan fingerprint density at radius 3 is 2.88 bits per heavy atom. The molecule has 4 aromatic rings. The number of hydrogen-bond acceptors (Lipinski definition) is 10. The average molecular weight is 466 g/mol. The van der Waals surface area contributed by atoms with E-state index >= 15 is 0 Å². The molecule has 0 bridgehead atoms. The van der Waals surface area contributed by atoms with Crippen LogP contribution in [0.15, 0.2) is 57.6 Å². The van der Waals surface area contributed by atoms with E-state index in [1.165, 1.54) is 22.9 Å². The third kappa shape index (κ3) is 5.27. The monoisotopic (exact) mass is 466 g/mol. The van der Waals surface area contributed by atoms with E-state index in [-0.39, 0.29) is 6.61 Å². The van der Waals surface area contributed by atoms with E-state index in [0.717, 1.165) is 15.5 Å². The van der Waals surface area contributed by atoms with Gasteiger partial charge in [0.2, 0.25) is 0 Å². The number of aliphatic hydroxyl groups excluding tert-OH is 2. The Bertz CT molecular complexity index is 1300. The zero-order valence-electron chi connectivity index (χ0n) is 17.3. The minimum atomic E-state index is -0.995. The molecule has 162 valence electrons. The number of aromatic nitrogens is 5. The Morgan fingerprint density at radius 2 is 2.09 bits per heavy atom. The molecule has 32 heavy (non-hydrogen) atoms. The van der Waals surface area contributed by atoms with Crippen molar-refractivity contribution in [3.8, 4) is 11.5 Å². The number of aliphatic hydroxyl groups is 2. The summed E-state index contributed by atoms with van der Waals surface area (Å²) in [6.45, 7) is 3.38. The molecule has 0 aliphatic rings. The van der Waals surface area contributed by atoms with E-state index in [9.17, 15) is 5.11 Å². The Hall–Kier alpha value is -2.93. The molecule has 0 saturated carbocycles. The molecule has 0 saturated heterocycles. The first kappa shape index (κ1) is 22.3. The van der Waals surface area contributed by atoms with Gasteiger partial charge in [-0.1, -0.05) is 0 Å². The van der Waals surface area contributed by atoms with Gasteiger partial charge < -0.3 is 0 Å². The molecule has 1 unspecified atom stereocenters. The standard InChI is InChI=1S/C20H19BN6O3S2/c1-11-15(5-7-24-27-11)30-16-8-13(31-17-4-3-6-22-12(17)2)9-23-19(16)26-20-25-18(21-32-20)14(29)10-28/h3-9,14,28-29H,10H2,1-2H3,(H,23,25,26). The third-order valence-corrected chi connectivity index (χ3v) is 6.26. The van der Waals surface area contributed by atoms with Gasteiger partial charge in [-0.2, -0.15) is 0 Å². The van der Waals surface area contributed by atoms with Crippen molar-refractivity contribution in [2.24, 2.45) is 4.99 Å². The zero-order chi connectivity index (χ0) is 22.5. The van der Waals surface area contributed by atoms with Crippen molar-refractivity contribution in [2.75, 3.05) is 6.61 Å². The molecule has 9 nitrogen and oxygen atoms in total. The van der Waals surface area contributed by atoms with Crippen LogP contribution in [0, 0.1) is 13.8 Å². The van der Waals surface area contributed by atoms with Crippen molar-refractivity contribution in [1.29, 1.82) is 0 Å². The van der Waals surface area contributed by atoms with Crippen molar-refractivity contribution >= 4 is 34.9 Å². The molecule has 0 aliphatic carbocycles. The molecule has 1 atom stereocenters. The van der Waals surface area contributed by atoms with E-state index in [4.69, 9.17) is 9.84 Å². The number of aromatic amines is 1. The third-order valence-electron chi connectivity index (χ3n) is 4.36. The van der Waals surface area contributed by atoms with Gasteiger partial charge in [0.15, 0.2) is 0 Å². The molecule has 0 aromatic carbocycles. The van der Waals surface area contributed by atoms with E-state index in [1.807, 2.05) is 25.1 Å². The van der Waals surface area contributed by atoms with Crippen LogP contribution in [0.3, 0.4) is 0 Å². The van der Waals surface area contributed by atoms with Crippen molar-refractivity contribution in [3.05, 3.63) is 64.6 Å². The average Bonchev–Trinajstić information content (AvgIpc) is 3.26. The van der Waals surface area contributed by atoms with Crippen molar-refractivity contribution in [1.82, 2.24) is 25.1 Å². The summed E-state index contributed by atoms with van der Waals surface area (Å²) < 4.78 is 6.11. The minimum absolute atomic E-state index is 0.358. The van der Waals surface area contributed by atoms with E-state index in [0.29, 0.717) is 33.4 Å². The first-order chi connectivity index (χ1) is 15.5. The zero-order valence-corrected chi connectivity index (χ0v) is 18.9. The number of aryl methyl sites for hydroxylation is 2. The van der Waals surface area contributed by atoms with Crippen molar-refractivity contribution < 1.29 is 14.9 Å². The fourth-order valence-corrected chi connectivity index (χ4v) is 4.31. The van der Waals surface area contributed by atoms with E-state index in [2.05, 4.69) is 30.1 Å². The Labute approximate surface area is 192 Å². The molecular weight excluding hydrogens is 447 g/mol. The first-order valence-corrected chi connectivity index (χ1v) is 11.3. The number of nitrogens with zero attached hydrogens (tertiary/aromatic N) is 5. The second-order valence-electron chi connectivity index (χ2n) is 6.70. The fourth-order valence-electron chi connectivity index (χ4n) is 2.67. The maximum absolute atomic E-state index is 9.81. The second kappa shape index (κ2) is 10.1. The quantitative estimate of drug-likeness (QED) is 0.379. The molecule has 3 N–H and O–H groups in total. The second-order valence-corrected chi connectivity index (χ2v) is 8.67. The number of ether oxygens (including phenoxy) is 1. The molecule has 4 rings (SSSR count). The molecular formula is C20H19BN6O3S2. The summed E-state index contributed by atoms with van der Waals surface area (Å²) in [4.78, 5) is 18.8. The van der Waals surface area contributed by atoms with Gasteiger partial charge in [0.25, 0.3) is 0 Å². The van der Waals surface area contributed by atoms with Gasteiger partial charge >= 0.3 is 193 Å². The topological polar surface area (TPSA) is 129 Å². The number of rotatable bonds is 7. The number of hydrogen-bond donors (Lipinski definition) is 3. The molecule has 0 amide bonds. The molecule has 0 radical (unpaired) electrons. The number of H-pyrrole nitrogens is 1. The summed E-state index contributed by atoms with van der Waals surface area (Å²) in [5.41, 5.74) is 2.04. The van der Waals surface area contributed by atoms with Gasteiger partial charge in [-0.05, 0) is 0 Å². The van der Waals surface area contributed by atoms with Gasteiger partial charge in [-0.3, -0.25) is 0 Å². The summed E-state index contributed by atoms with van der Waals surface area (Å²) in [5.74, 6) is 1.35. The van der Waals surface area contributed by atoms with Crippen LogP contribution in [0.25, 0.3) is 0 Å². The van der Waals surface area contributed by atoms with Crippen LogP contribution in [0.2, 0.25) is 0 Å². The summed E-state index contributed by atoms with van der Waals surface area (Å²) in [6.07, 6.45) is 5.74. The Balaban J connectivity index is 1.73. The Morgan fingerprint density at radius 1 is 1.22 bits per heavy atom. The Kier molecular flexibility index (Phi) is 7.05. The van der Waals surface area contributed by atoms with Crippen LogP contribution in [-0.4, -0.2) is 48.1 Å². The van der Waals surface area contributed by atoms with Crippen LogP contribution in [-0.2, 0) is 0 Å². The van der Waals surface area contributed by atoms with Crippen LogP contribution < -0.4 is 9.54 Å². The fraction of sp³-hybridized carbons (Fsp3) is 0.200. The predicted octanol–water partition coefficient (Wildman–Crippen LogP) is 2.81. The summed E-state index contributed by atoms with van der Waals surface area (Å²) in [6, 6.07) is 7.47. The van der Waals surface area contributed by atoms with Gasteiger partial charge in [0.05, 0.1) is 0 Å². The molecule has 12 heteroatoms. The van der Waals surface area contributed by atoms with Crippen LogP contribution in [0.5, 0.6) is 11.5 Å². The molecule has 0 aliphatic heterocycles. The van der Waals surface area contributed by atoms with Gasteiger partial charge in [0.1, 0.15) is 0 Å². The van der Waals surface area contributed by atoms with Crippen LogP contribution >= 0.6 is 22.9 Å². The first-order valence-electron chi connectivity index (χ1n) is 9.60. The molecule has 0 spiro atoms. The van der Waals surface area contributed by atoms with Crippen LogP contribution in [0.1, 0.15) is 23.1 Å². The summed E-state index contributed by atoms with van der Waals surface area (Å²) in [5, 5.41) is 26.8. The van der Waals surface area contributed by atoms with E-state index < -0.39 is 6.10 Å².